The molecule has 2 heterocycles. The minimum absolute atomic E-state index is 0.00158. The Morgan fingerprint density at radius 2 is 1.62 bits per heavy atom. The minimum Gasteiger partial charge on any atom is -0.493 e. The van der Waals surface area contributed by atoms with Crippen LogP contribution in [-0.2, 0) is 4.79 Å². The first-order valence-electron chi connectivity index (χ1n) is 7.92. The van der Waals surface area contributed by atoms with Crippen molar-refractivity contribution in [3.05, 3.63) is 11.6 Å². The van der Waals surface area contributed by atoms with Crippen molar-refractivity contribution < 1.29 is 23.8 Å². The molecule has 24 heavy (non-hydrogen) atoms. The van der Waals surface area contributed by atoms with Crippen molar-refractivity contribution in [1.82, 2.24) is 4.90 Å². The molecule has 130 valence electrons. The molecule has 0 spiro atoms. The number of rotatable bonds is 4. The number of likely N-dealkylation sites (tertiary alicyclic amines) is 1. The van der Waals surface area contributed by atoms with E-state index < -0.39 is 11.7 Å². The van der Waals surface area contributed by atoms with Crippen molar-refractivity contribution in [1.29, 1.82) is 0 Å². The van der Waals surface area contributed by atoms with Gasteiger partial charge in [-0.2, -0.15) is 0 Å². The number of Topliss-reactive ketones (excluding diaryl/α,β-unsaturated/α-hetero) is 1. The monoisotopic (exact) mass is 334 g/mol. The van der Waals surface area contributed by atoms with Gasteiger partial charge in [0.05, 0.1) is 32.6 Å². The van der Waals surface area contributed by atoms with Gasteiger partial charge in [-0.1, -0.05) is 0 Å². The molecule has 0 radical (unpaired) electrons. The summed E-state index contributed by atoms with van der Waals surface area (Å²) in [5.74, 6) is -0.0471. The molecule has 2 aliphatic heterocycles. The minimum atomic E-state index is -0.554. The zero-order chi connectivity index (χ0) is 17.4. The Bertz CT molecular complexity index is 680. The summed E-state index contributed by atoms with van der Waals surface area (Å²) >= 11 is 0. The SMILES string of the molecule is COc1cc2c(c(OC)c1OC)C(=O)C(=O)N2C1CCN(C)CC1. The fraction of sp³-hybridized carbons (Fsp3) is 0.529. The number of piperidine rings is 1. The van der Waals surface area contributed by atoms with Gasteiger partial charge in [0.25, 0.3) is 11.7 Å². The smallest absolute Gasteiger partial charge is 0.299 e. The van der Waals surface area contributed by atoms with Crippen LogP contribution in [0.15, 0.2) is 6.07 Å². The normalized spacial score (nSPS) is 18.8. The lowest BCUT2D eigenvalue weighted by molar-refractivity contribution is -0.114. The van der Waals surface area contributed by atoms with E-state index in [2.05, 4.69) is 11.9 Å². The molecule has 1 amide bonds. The maximum absolute atomic E-state index is 12.6. The highest BCUT2D eigenvalue weighted by Crippen LogP contribution is 2.49. The van der Waals surface area contributed by atoms with Crippen LogP contribution < -0.4 is 19.1 Å². The van der Waals surface area contributed by atoms with Gasteiger partial charge < -0.3 is 24.0 Å². The summed E-state index contributed by atoms with van der Waals surface area (Å²) in [7, 11) is 6.50. The Hall–Kier alpha value is -2.28. The highest BCUT2D eigenvalue weighted by Gasteiger charge is 2.44. The van der Waals surface area contributed by atoms with Gasteiger partial charge in [0.1, 0.15) is 0 Å². The standard InChI is InChI=1S/C17H22N2O5/c1-18-7-5-10(6-8-18)19-11-9-12(22-2)15(23-3)16(24-4)13(11)14(20)17(19)21/h9-10H,5-8H2,1-4H3. The van der Waals surface area contributed by atoms with Gasteiger partial charge in [0.15, 0.2) is 11.5 Å². The zero-order valence-electron chi connectivity index (χ0n) is 14.4. The number of carbonyl (C=O) groups excluding carboxylic acids is 2. The van der Waals surface area contributed by atoms with Gasteiger partial charge in [0.2, 0.25) is 5.75 Å². The van der Waals surface area contributed by atoms with E-state index in [1.807, 2.05) is 0 Å². The molecule has 7 nitrogen and oxygen atoms in total. The number of nitrogens with zero attached hydrogens (tertiary/aromatic N) is 2. The average molecular weight is 334 g/mol. The number of amides is 1. The topological polar surface area (TPSA) is 68.3 Å². The molecule has 0 aromatic heterocycles. The predicted molar refractivity (Wildman–Crippen MR) is 88.4 cm³/mol. The van der Waals surface area contributed by atoms with Crippen molar-refractivity contribution in [2.75, 3.05) is 46.4 Å². The Labute approximate surface area is 141 Å². The van der Waals surface area contributed by atoms with E-state index in [4.69, 9.17) is 14.2 Å². The lowest BCUT2D eigenvalue weighted by atomic mass is 10.0. The van der Waals surface area contributed by atoms with E-state index in [0.29, 0.717) is 17.2 Å². The number of methoxy groups -OCH3 is 3. The van der Waals surface area contributed by atoms with Gasteiger partial charge >= 0.3 is 0 Å². The Morgan fingerprint density at radius 1 is 1.00 bits per heavy atom. The van der Waals surface area contributed by atoms with Gasteiger partial charge in [-0.25, -0.2) is 0 Å². The second kappa shape index (κ2) is 6.32. The molecule has 7 heteroatoms. The molecule has 1 aromatic rings. The molecule has 0 N–H and O–H groups in total. The van der Waals surface area contributed by atoms with Crippen molar-refractivity contribution in [2.45, 2.75) is 18.9 Å². The number of ketones is 1. The fourth-order valence-electron chi connectivity index (χ4n) is 3.49. The third kappa shape index (κ3) is 2.39. The van der Waals surface area contributed by atoms with Gasteiger partial charge in [-0.05, 0) is 33.0 Å². The molecule has 0 atom stereocenters. The highest BCUT2D eigenvalue weighted by atomic mass is 16.5. The molecule has 0 unspecified atom stereocenters. The summed E-state index contributed by atoms with van der Waals surface area (Å²) in [6.45, 7) is 1.78. The van der Waals surface area contributed by atoms with Crippen molar-refractivity contribution >= 4 is 17.4 Å². The molecule has 2 aliphatic rings. The van der Waals surface area contributed by atoms with E-state index >= 15 is 0 Å². The second-order valence-corrected chi connectivity index (χ2v) is 6.08. The third-order valence-corrected chi connectivity index (χ3v) is 4.76. The van der Waals surface area contributed by atoms with E-state index in [1.165, 1.54) is 21.3 Å². The van der Waals surface area contributed by atoms with E-state index in [9.17, 15) is 9.59 Å². The lowest BCUT2D eigenvalue weighted by Crippen LogP contribution is -2.46. The van der Waals surface area contributed by atoms with Gasteiger partial charge in [-0.3, -0.25) is 9.59 Å². The summed E-state index contributed by atoms with van der Waals surface area (Å²) in [5.41, 5.74) is 0.813. The summed E-state index contributed by atoms with van der Waals surface area (Å²) in [5, 5.41) is 0. The van der Waals surface area contributed by atoms with Crippen LogP contribution in [0, 0.1) is 0 Å². The van der Waals surface area contributed by atoms with E-state index in [1.54, 1.807) is 11.0 Å². The van der Waals surface area contributed by atoms with Gasteiger partial charge in [0, 0.05) is 12.1 Å². The Morgan fingerprint density at radius 3 is 2.17 bits per heavy atom. The van der Waals surface area contributed by atoms with Crippen LogP contribution >= 0.6 is 0 Å². The molecule has 1 saturated heterocycles. The van der Waals surface area contributed by atoms with Crippen LogP contribution in [0.4, 0.5) is 5.69 Å². The number of fused-ring (bicyclic) bond motifs is 1. The summed E-state index contributed by atoms with van der Waals surface area (Å²) < 4.78 is 16.1. The molecule has 0 aliphatic carbocycles. The first-order valence-corrected chi connectivity index (χ1v) is 7.92. The van der Waals surface area contributed by atoms with Crippen molar-refractivity contribution in [3.8, 4) is 17.2 Å². The molecule has 0 bridgehead atoms. The van der Waals surface area contributed by atoms with Crippen LogP contribution in [-0.4, -0.2) is 64.1 Å². The number of hydrogen-bond donors (Lipinski definition) is 0. The molecular weight excluding hydrogens is 312 g/mol. The maximum Gasteiger partial charge on any atom is 0.299 e. The molecule has 0 saturated carbocycles. The largest absolute Gasteiger partial charge is 0.493 e. The predicted octanol–water partition coefficient (Wildman–Crippen LogP) is 1.34. The Kier molecular flexibility index (Phi) is 4.36. The number of hydrogen-bond acceptors (Lipinski definition) is 6. The van der Waals surface area contributed by atoms with Crippen LogP contribution in [0.3, 0.4) is 0 Å². The fourth-order valence-corrected chi connectivity index (χ4v) is 3.49. The number of ether oxygens (including phenoxy) is 3. The van der Waals surface area contributed by atoms with E-state index in [0.717, 1.165) is 25.9 Å². The molecule has 1 fully saturated rings. The zero-order valence-corrected chi connectivity index (χ0v) is 14.4. The highest BCUT2D eigenvalue weighted by molar-refractivity contribution is 6.53. The first-order chi connectivity index (χ1) is 11.5. The number of anilines is 1. The first kappa shape index (κ1) is 16.6. The lowest BCUT2D eigenvalue weighted by Gasteiger charge is -2.35. The van der Waals surface area contributed by atoms with Gasteiger partial charge in [-0.15, -0.1) is 0 Å². The van der Waals surface area contributed by atoms with Crippen molar-refractivity contribution in [2.24, 2.45) is 0 Å². The Balaban J connectivity index is 2.12. The van der Waals surface area contributed by atoms with Crippen LogP contribution in [0.5, 0.6) is 17.2 Å². The number of carbonyl (C=O) groups is 2. The third-order valence-electron chi connectivity index (χ3n) is 4.76. The molecular formula is C17H22N2O5. The average Bonchev–Trinajstić information content (AvgIpc) is 2.85. The van der Waals surface area contributed by atoms with Crippen LogP contribution in [0.25, 0.3) is 0 Å². The second-order valence-electron chi connectivity index (χ2n) is 6.08. The van der Waals surface area contributed by atoms with E-state index in [-0.39, 0.29) is 17.4 Å². The number of benzene rings is 1. The van der Waals surface area contributed by atoms with Crippen LogP contribution in [0.1, 0.15) is 23.2 Å². The van der Waals surface area contributed by atoms with Crippen LogP contribution in [0.2, 0.25) is 0 Å². The quantitative estimate of drug-likeness (QED) is 0.774. The van der Waals surface area contributed by atoms with Crippen molar-refractivity contribution in [3.63, 3.8) is 0 Å². The summed E-state index contributed by atoms with van der Waals surface area (Å²) in [6, 6.07) is 1.69. The molecule has 1 aromatic carbocycles. The summed E-state index contributed by atoms with van der Waals surface area (Å²) in [6.07, 6.45) is 1.65. The maximum atomic E-state index is 12.6. The summed E-state index contributed by atoms with van der Waals surface area (Å²) in [4.78, 5) is 29.0. The molecule has 3 rings (SSSR count).